The third-order valence-electron chi connectivity index (χ3n) is 4.45. The van der Waals surface area contributed by atoms with Gasteiger partial charge in [-0.3, -0.25) is 9.59 Å². The summed E-state index contributed by atoms with van der Waals surface area (Å²) in [5, 5.41) is 15.4. The maximum absolute atomic E-state index is 14.1. The lowest BCUT2D eigenvalue weighted by atomic mass is 9.99. The van der Waals surface area contributed by atoms with Gasteiger partial charge in [-0.2, -0.15) is 0 Å². The average Bonchev–Trinajstić information content (AvgIpc) is 2.91. The first-order valence-electron chi connectivity index (χ1n) is 7.60. The summed E-state index contributed by atoms with van der Waals surface area (Å²) in [7, 11) is 0. The molecule has 0 aromatic heterocycles. The van der Waals surface area contributed by atoms with Crippen LogP contribution in [0.2, 0.25) is 0 Å². The van der Waals surface area contributed by atoms with Crippen LogP contribution in [0.4, 0.5) is 10.1 Å². The Morgan fingerprint density at radius 1 is 1.32 bits per heavy atom. The molecule has 3 N–H and O–H groups in total. The maximum Gasteiger partial charge on any atom is 0.254 e. The van der Waals surface area contributed by atoms with Gasteiger partial charge in [-0.05, 0) is 37.0 Å². The first kappa shape index (κ1) is 15.0. The molecule has 1 aliphatic carbocycles. The van der Waals surface area contributed by atoms with E-state index in [1.165, 1.54) is 12.1 Å². The fraction of sp³-hybridized carbons (Fsp3) is 0.500. The minimum Gasteiger partial charge on any atom is -0.388 e. The minimum atomic E-state index is -0.867. The number of amides is 2. The minimum absolute atomic E-state index is 0.0449. The second-order valence-corrected chi connectivity index (χ2v) is 6.15. The van der Waals surface area contributed by atoms with E-state index >= 15 is 0 Å². The van der Waals surface area contributed by atoms with Crippen LogP contribution in [0, 0.1) is 5.82 Å². The van der Waals surface area contributed by atoms with Crippen molar-refractivity contribution in [2.75, 3.05) is 11.9 Å². The fourth-order valence-electron chi connectivity index (χ4n) is 3.13. The topological polar surface area (TPSA) is 78.4 Å². The number of rotatable bonds is 3. The molecular weight excluding hydrogens is 287 g/mol. The first-order chi connectivity index (χ1) is 10.5. The average molecular weight is 306 g/mol. The Labute approximate surface area is 127 Å². The maximum atomic E-state index is 14.1. The van der Waals surface area contributed by atoms with Gasteiger partial charge in [0, 0.05) is 18.7 Å². The summed E-state index contributed by atoms with van der Waals surface area (Å²) in [5.74, 6) is -1.35. The van der Waals surface area contributed by atoms with E-state index < -0.39 is 17.3 Å². The van der Waals surface area contributed by atoms with Gasteiger partial charge in [-0.15, -0.1) is 0 Å². The molecule has 1 fully saturated rings. The third kappa shape index (κ3) is 2.97. The lowest BCUT2D eigenvalue weighted by Gasteiger charge is -2.23. The van der Waals surface area contributed by atoms with Gasteiger partial charge in [-0.1, -0.05) is 12.8 Å². The zero-order valence-corrected chi connectivity index (χ0v) is 12.2. The first-order valence-corrected chi connectivity index (χ1v) is 7.60. The standard InChI is InChI=1S/C16H19FN2O3/c17-12-8-13-10(3-4-14(20)19-13)7-11(12)15(21)18-9-16(22)5-1-2-6-16/h7-8,22H,1-6,9H2,(H,18,21)(H,19,20). The predicted molar refractivity (Wildman–Crippen MR) is 79.1 cm³/mol. The number of aryl methyl sites for hydroxylation is 1. The Morgan fingerprint density at radius 3 is 2.77 bits per heavy atom. The van der Waals surface area contributed by atoms with Gasteiger partial charge in [0.05, 0.1) is 11.2 Å². The molecule has 22 heavy (non-hydrogen) atoms. The van der Waals surface area contributed by atoms with E-state index in [-0.39, 0.29) is 18.0 Å². The summed E-state index contributed by atoms with van der Waals surface area (Å²) < 4.78 is 14.1. The van der Waals surface area contributed by atoms with Crippen LogP contribution in [0.15, 0.2) is 12.1 Å². The zero-order chi connectivity index (χ0) is 15.7. The molecule has 0 radical (unpaired) electrons. The van der Waals surface area contributed by atoms with Gasteiger partial charge in [0.1, 0.15) is 5.82 Å². The molecule has 1 aromatic carbocycles. The summed E-state index contributed by atoms with van der Waals surface area (Å²) in [6, 6.07) is 2.67. The van der Waals surface area contributed by atoms with Crippen molar-refractivity contribution in [2.45, 2.75) is 44.1 Å². The van der Waals surface area contributed by atoms with E-state index in [0.29, 0.717) is 31.4 Å². The molecule has 0 bridgehead atoms. The van der Waals surface area contributed by atoms with Gasteiger partial charge >= 0.3 is 0 Å². The molecule has 1 saturated carbocycles. The van der Waals surface area contributed by atoms with Crippen molar-refractivity contribution in [1.29, 1.82) is 0 Å². The molecule has 0 saturated heterocycles. The van der Waals surface area contributed by atoms with Crippen molar-refractivity contribution < 1.29 is 19.1 Å². The molecule has 5 nitrogen and oxygen atoms in total. The third-order valence-corrected chi connectivity index (χ3v) is 4.45. The largest absolute Gasteiger partial charge is 0.388 e. The van der Waals surface area contributed by atoms with E-state index in [2.05, 4.69) is 10.6 Å². The van der Waals surface area contributed by atoms with Crippen molar-refractivity contribution in [3.05, 3.63) is 29.1 Å². The number of carbonyl (C=O) groups is 2. The summed E-state index contributed by atoms with van der Waals surface area (Å²) in [6.07, 6.45) is 4.03. The highest BCUT2D eigenvalue weighted by Crippen LogP contribution is 2.29. The Hall–Kier alpha value is -1.95. The molecule has 6 heteroatoms. The Balaban J connectivity index is 1.73. The van der Waals surface area contributed by atoms with Crippen LogP contribution in [-0.2, 0) is 11.2 Å². The molecule has 0 atom stereocenters. The fourth-order valence-corrected chi connectivity index (χ4v) is 3.13. The van der Waals surface area contributed by atoms with Crippen LogP contribution in [0.1, 0.15) is 48.0 Å². The smallest absolute Gasteiger partial charge is 0.254 e. The Bertz CT molecular complexity index is 624. The molecule has 2 amide bonds. The number of halogens is 1. The van der Waals surface area contributed by atoms with Gasteiger partial charge in [0.15, 0.2) is 0 Å². The number of anilines is 1. The van der Waals surface area contributed by atoms with Gasteiger partial charge in [0.2, 0.25) is 5.91 Å². The van der Waals surface area contributed by atoms with Crippen molar-refractivity contribution in [3.63, 3.8) is 0 Å². The lowest BCUT2D eigenvalue weighted by molar-refractivity contribution is -0.116. The second kappa shape index (κ2) is 5.68. The summed E-state index contributed by atoms with van der Waals surface area (Å²) in [5.41, 5.74) is 0.274. The van der Waals surface area contributed by atoms with Gasteiger partial charge in [0.25, 0.3) is 5.91 Å². The van der Waals surface area contributed by atoms with Crippen LogP contribution in [-0.4, -0.2) is 29.1 Å². The van der Waals surface area contributed by atoms with Crippen molar-refractivity contribution in [3.8, 4) is 0 Å². The number of nitrogens with one attached hydrogen (secondary N) is 2. The van der Waals surface area contributed by atoms with Crippen LogP contribution in [0.3, 0.4) is 0 Å². The van der Waals surface area contributed by atoms with Gasteiger partial charge in [-0.25, -0.2) is 4.39 Å². The summed E-state index contributed by atoms with van der Waals surface area (Å²) in [4.78, 5) is 23.5. The highest BCUT2D eigenvalue weighted by atomic mass is 19.1. The van der Waals surface area contributed by atoms with Crippen LogP contribution in [0.5, 0.6) is 0 Å². The second-order valence-electron chi connectivity index (χ2n) is 6.15. The van der Waals surface area contributed by atoms with E-state index in [0.717, 1.165) is 18.4 Å². The van der Waals surface area contributed by atoms with Crippen molar-refractivity contribution >= 4 is 17.5 Å². The zero-order valence-electron chi connectivity index (χ0n) is 12.2. The molecule has 2 aliphatic rings. The van der Waals surface area contributed by atoms with Crippen molar-refractivity contribution in [2.24, 2.45) is 0 Å². The number of benzene rings is 1. The predicted octanol–water partition coefficient (Wildman–Crippen LogP) is 1.75. The number of hydrogen-bond donors (Lipinski definition) is 3. The van der Waals surface area contributed by atoms with Crippen molar-refractivity contribution in [1.82, 2.24) is 5.32 Å². The van der Waals surface area contributed by atoms with Crippen LogP contribution in [0.25, 0.3) is 0 Å². The van der Waals surface area contributed by atoms with E-state index in [9.17, 15) is 19.1 Å². The number of aliphatic hydroxyl groups is 1. The SMILES string of the molecule is O=C1CCc2cc(C(=O)NCC3(O)CCCC3)c(F)cc2N1. The normalized spacial score (nSPS) is 19.5. The Kier molecular flexibility index (Phi) is 3.87. The molecule has 1 heterocycles. The number of carbonyl (C=O) groups excluding carboxylic acids is 2. The Morgan fingerprint density at radius 2 is 2.05 bits per heavy atom. The number of fused-ring (bicyclic) bond motifs is 1. The lowest BCUT2D eigenvalue weighted by Crippen LogP contribution is -2.41. The van der Waals surface area contributed by atoms with Gasteiger partial charge < -0.3 is 15.7 Å². The van der Waals surface area contributed by atoms with E-state index in [4.69, 9.17) is 0 Å². The highest BCUT2D eigenvalue weighted by Gasteiger charge is 2.31. The molecular formula is C16H19FN2O3. The molecule has 1 aromatic rings. The number of hydrogen-bond acceptors (Lipinski definition) is 3. The molecule has 3 rings (SSSR count). The molecule has 118 valence electrons. The van der Waals surface area contributed by atoms with Crippen LogP contribution < -0.4 is 10.6 Å². The molecule has 0 spiro atoms. The monoisotopic (exact) mass is 306 g/mol. The van der Waals surface area contributed by atoms with E-state index in [1.54, 1.807) is 0 Å². The summed E-state index contributed by atoms with van der Waals surface area (Å²) >= 11 is 0. The molecule has 1 aliphatic heterocycles. The quantitative estimate of drug-likeness (QED) is 0.796. The van der Waals surface area contributed by atoms with E-state index in [1.807, 2.05) is 0 Å². The van der Waals surface area contributed by atoms with Crippen LogP contribution >= 0.6 is 0 Å². The molecule has 0 unspecified atom stereocenters. The summed E-state index contributed by atoms with van der Waals surface area (Å²) in [6.45, 7) is 0.138. The highest BCUT2D eigenvalue weighted by molar-refractivity contribution is 5.98.